The van der Waals surface area contributed by atoms with Gasteiger partial charge in [-0.2, -0.15) is 13.2 Å². The number of fused-ring (bicyclic) bond motifs is 1. The number of hydrogen-bond donors (Lipinski definition) is 1. The highest BCUT2D eigenvalue weighted by molar-refractivity contribution is 5.43. The molecule has 1 aliphatic carbocycles. The van der Waals surface area contributed by atoms with Gasteiger partial charge in [-0.1, -0.05) is 18.2 Å². The van der Waals surface area contributed by atoms with Crippen LogP contribution in [0.3, 0.4) is 0 Å². The van der Waals surface area contributed by atoms with Gasteiger partial charge in [-0.3, -0.25) is 0 Å². The lowest BCUT2D eigenvalue weighted by Crippen LogP contribution is -2.22. The molecule has 1 aromatic rings. The third-order valence-corrected chi connectivity index (χ3v) is 3.83. The van der Waals surface area contributed by atoms with Crippen molar-refractivity contribution in [1.29, 1.82) is 0 Å². The number of nitrogens with one attached hydrogen (secondary N) is 1. The van der Waals surface area contributed by atoms with E-state index in [1.165, 1.54) is 12.1 Å². The third-order valence-electron chi connectivity index (χ3n) is 3.83. The molecule has 2 atom stereocenters. The van der Waals surface area contributed by atoms with Crippen LogP contribution in [0.5, 0.6) is 0 Å². The first-order chi connectivity index (χ1) is 7.54. The SMILES string of the molecule is FC(F)(F)c1ccccc1C12CNCC1C2. The predicted octanol–water partition coefficient (Wildman–Crippen LogP) is 2.57. The molecule has 0 aromatic heterocycles. The van der Waals surface area contributed by atoms with Crippen molar-refractivity contribution in [3.63, 3.8) is 0 Å². The van der Waals surface area contributed by atoms with Gasteiger partial charge in [0.1, 0.15) is 0 Å². The third kappa shape index (κ3) is 1.29. The van der Waals surface area contributed by atoms with Crippen molar-refractivity contribution in [1.82, 2.24) is 5.32 Å². The lowest BCUT2D eigenvalue weighted by Gasteiger charge is -2.19. The lowest BCUT2D eigenvalue weighted by atomic mass is 9.90. The number of hydrogen-bond acceptors (Lipinski definition) is 1. The Balaban J connectivity index is 2.08. The van der Waals surface area contributed by atoms with E-state index in [0.717, 1.165) is 13.0 Å². The first kappa shape index (κ1) is 10.1. The molecule has 1 heterocycles. The Labute approximate surface area is 91.7 Å². The van der Waals surface area contributed by atoms with Crippen LogP contribution in [0.15, 0.2) is 24.3 Å². The summed E-state index contributed by atoms with van der Waals surface area (Å²) in [6.45, 7) is 1.54. The van der Waals surface area contributed by atoms with Crippen molar-refractivity contribution < 1.29 is 13.2 Å². The maximum Gasteiger partial charge on any atom is 0.416 e. The van der Waals surface area contributed by atoms with E-state index in [1.54, 1.807) is 12.1 Å². The van der Waals surface area contributed by atoms with E-state index < -0.39 is 11.7 Å². The van der Waals surface area contributed by atoms with Gasteiger partial charge in [0, 0.05) is 12.0 Å². The van der Waals surface area contributed by atoms with Crippen molar-refractivity contribution in [2.45, 2.75) is 18.0 Å². The first-order valence-corrected chi connectivity index (χ1v) is 5.41. The van der Waals surface area contributed by atoms with E-state index in [-0.39, 0.29) is 5.41 Å². The van der Waals surface area contributed by atoms with E-state index in [1.807, 2.05) is 0 Å². The summed E-state index contributed by atoms with van der Waals surface area (Å²) in [5.74, 6) is 0.399. The fourth-order valence-electron chi connectivity index (χ4n) is 2.92. The molecular formula is C12H12F3N. The van der Waals surface area contributed by atoms with Gasteiger partial charge in [-0.25, -0.2) is 0 Å². The normalized spacial score (nSPS) is 32.6. The Bertz CT molecular complexity index is 427. The Morgan fingerprint density at radius 3 is 2.56 bits per heavy atom. The molecule has 2 unspecified atom stereocenters. The van der Waals surface area contributed by atoms with Crippen LogP contribution in [0, 0.1) is 5.92 Å². The largest absolute Gasteiger partial charge is 0.416 e. The Kier molecular flexibility index (Phi) is 1.90. The Morgan fingerprint density at radius 2 is 2.00 bits per heavy atom. The molecule has 0 amide bonds. The molecule has 3 rings (SSSR count). The molecule has 0 bridgehead atoms. The predicted molar refractivity (Wildman–Crippen MR) is 54.1 cm³/mol. The number of benzene rings is 1. The van der Waals surface area contributed by atoms with E-state index in [4.69, 9.17) is 0 Å². The number of rotatable bonds is 1. The molecular weight excluding hydrogens is 215 g/mol. The van der Waals surface area contributed by atoms with Gasteiger partial charge in [-0.15, -0.1) is 0 Å². The first-order valence-electron chi connectivity index (χ1n) is 5.41. The maximum atomic E-state index is 12.9. The van der Waals surface area contributed by atoms with E-state index in [2.05, 4.69) is 5.32 Å². The second kappa shape index (κ2) is 3.00. The molecule has 1 N–H and O–H groups in total. The fraction of sp³-hybridized carbons (Fsp3) is 0.500. The van der Waals surface area contributed by atoms with Crippen LogP contribution in [-0.4, -0.2) is 13.1 Å². The van der Waals surface area contributed by atoms with Crippen LogP contribution in [0.1, 0.15) is 17.5 Å². The van der Waals surface area contributed by atoms with Crippen LogP contribution in [-0.2, 0) is 11.6 Å². The summed E-state index contributed by atoms with van der Waals surface area (Å²) in [5, 5.41) is 3.17. The number of alkyl halides is 3. The van der Waals surface area contributed by atoms with E-state index in [0.29, 0.717) is 18.0 Å². The second-order valence-corrected chi connectivity index (χ2v) is 4.73. The average molecular weight is 227 g/mol. The molecule has 16 heavy (non-hydrogen) atoms. The molecule has 1 saturated carbocycles. The highest BCUT2D eigenvalue weighted by Crippen LogP contribution is 2.58. The van der Waals surface area contributed by atoms with E-state index >= 15 is 0 Å². The molecule has 1 aliphatic heterocycles. The smallest absolute Gasteiger partial charge is 0.316 e. The van der Waals surface area contributed by atoms with Gasteiger partial charge in [0.25, 0.3) is 0 Å². The molecule has 86 valence electrons. The summed E-state index contributed by atoms with van der Waals surface area (Å²) >= 11 is 0. The molecule has 2 fully saturated rings. The summed E-state index contributed by atoms with van der Waals surface area (Å²) < 4.78 is 38.6. The van der Waals surface area contributed by atoms with Gasteiger partial charge in [0.15, 0.2) is 0 Å². The van der Waals surface area contributed by atoms with Gasteiger partial charge in [0.2, 0.25) is 0 Å². The van der Waals surface area contributed by atoms with Crippen molar-refractivity contribution in [3.05, 3.63) is 35.4 Å². The maximum absolute atomic E-state index is 12.9. The minimum atomic E-state index is -4.24. The van der Waals surface area contributed by atoms with Crippen molar-refractivity contribution in [2.75, 3.05) is 13.1 Å². The molecule has 0 spiro atoms. The number of halogens is 3. The van der Waals surface area contributed by atoms with Crippen LogP contribution in [0.25, 0.3) is 0 Å². The quantitative estimate of drug-likeness (QED) is 0.777. The van der Waals surface area contributed by atoms with Crippen LogP contribution in [0.2, 0.25) is 0 Å². The molecule has 1 aromatic carbocycles. The minimum absolute atomic E-state index is 0.230. The van der Waals surface area contributed by atoms with Gasteiger partial charge >= 0.3 is 6.18 Å². The zero-order chi connectivity index (χ0) is 11.4. The van der Waals surface area contributed by atoms with Gasteiger partial charge in [0.05, 0.1) is 5.56 Å². The molecule has 0 radical (unpaired) electrons. The fourth-order valence-corrected chi connectivity index (χ4v) is 2.92. The van der Waals surface area contributed by atoms with Crippen molar-refractivity contribution >= 4 is 0 Å². The van der Waals surface area contributed by atoms with Gasteiger partial charge in [-0.05, 0) is 30.5 Å². The second-order valence-electron chi connectivity index (χ2n) is 4.73. The summed E-state index contributed by atoms with van der Waals surface area (Å²) in [4.78, 5) is 0. The minimum Gasteiger partial charge on any atom is -0.316 e. The molecule has 1 saturated heterocycles. The zero-order valence-electron chi connectivity index (χ0n) is 8.64. The zero-order valence-corrected chi connectivity index (χ0v) is 8.64. The molecule has 2 aliphatic rings. The lowest BCUT2D eigenvalue weighted by molar-refractivity contribution is -0.138. The standard InChI is InChI=1S/C12H12F3N/c13-12(14,15)10-4-2-1-3-9(10)11-5-8(11)6-16-7-11/h1-4,8,16H,5-7H2. The molecule has 1 nitrogen and oxygen atoms in total. The topological polar surface area (TPSA) is 12.0 Å². The van der Waals surface area contributed by atoms with Crippen LogP contribution < -0.4 is 5.32 Å². The van der Waals surface area contributed by atoms with Crippen molar-refractivity contribution in [3.8, 4) is 0 Å². The summed E-state index contributed by atoms with van der Waals surface area (Å²) in [7, 11) is 0. The van der Waals surface area contributed by atoms with E-state index in [9.17, 15) is 13.2 Å². The van der Waals surface area contributed by atoms with Crippen LogP contribution in [0.4, 0.5) is 13.2 Å². The Morgan fingerprint density at radius 1 is 1.25 bits per heavy atom. The monoisotopic (exact) mass is 227 g/mol. The van der Waals surface area contributed by atoms with Crippen molar-refractivity contribution in [2.24, 2.45) is 5.92 Å². The van der Waals surface area contributed by atoms with Crippen LogP contribution >= 0.6 is 0 Å². The highest BCUT2D eigenvalue weighted by Gasteiger charge is 2.60. The Hall–Kier alpha value is -1.03. The summed E-state index contributed by atoms with van der Waals surface area (Å²) in [6.07, 6.45) is -3.34. The summed E-state index contributed by atoms with van der Waals surface area (Å²) in [6, 6.07) is 5.99. The average Bonchev–Trinajstić information content (AvgIpc) is 2.81. The number of piperidine rings is 1. The van der Waals surface area contributed by atoms with Gasteiger partial charge < -0.3 is 5.32 Å². The molecule has 4 heteroatoms. The summed E-state index contributed by atoms with van der Waals surface area (Å²) in [5.41, 5.74) is -0.203. The highest BCUT2D eigenvalue weighted by atomic mass is 19.4.